The summed E-state index contributed by atoms with van der Waals surface area (Å²) in [5, 5.41) is 6.61. The summed E-state index contributed by atoms with van der Waals surface area (Å²) < 4.78 is 4.94. The number of nitrogens with one attached hydrogen (secondary N) is 1. The summed E-state index contributed by atoms with van der Waals surface area (Å²) in [5.41, 5.74) is 2.47. The molecule has 0 saturated carbocycles. The number of hydrogen-bond acceptors (Lipinski definition) is 4. The Morgan fingerprint density at radius 2 is 2.10 bits per heavy atom. The van der Waals surface area contributed by atoms with Gasteiger partial charge in [0.05, 0.1) is 6.20 Å². The summed E-state index contributed by atoms with van der Waals surface area (Å²) in [4.78, 5) is 14.7. The molecule has 21 heavy (non-hydrogen) atoms. The third-order valence-corrected chi connectivity index (χ3v) is 3.85. The fourth-order valence-corrected chi connectivity index (χ4v) is 2.67. The summed E-state index contributed by atoms with van der Waals surface area (Å²) in [6.07, 6.45) is 3.97. The van der Waals surface area contributed by atoms with Crippen LogP contribution in [0, 0.1) is 6.92 Å². The predicted molar refractivity (Wildman–Crippen MR) is 80.1 cm³/mol. The van der Waals surface area contributed by atoms with Crippen LogP contribution >= 0.6 is 0 Å². The molecule has 5 nitrogen and oxygen atoms in total. The summed E-state index contributed by atoms with van der Waals surface area (Å²) >= 11 is 0. The van der Waals surface area contributed by atoms with E-state index < -0.39 is 0 Å². The molecular weight excluding hydrogens is 266 g/mol. The third kappa shape index (κ3) is 3.13. The normalized spacial score (nSPS) is 15.3. The summed E-state index contributed by atoms with van der Waals surface area (Å²) in [6.45, 7) is 4.87. The molecule has 110 valence electrons. The van der Waals surface area contributed by atoms with Crippen LogP contribution in [0.4, 0.5) is 5.69 Å². The van der Waals surface area contributed by atoms with E-state index in [1.54, 1.807) is 6.92 Å². The van der Waals surface area contributed by atoms with Crippen molar-refractivity contribution in [3.05, 3.63) is 47.3 Å². The number of anilines is 1. The van der Waals surface area contributed by atoms with Gasteiger partial charge in [0.2, 0.25) is 0 Å². The number of aromatic nitrogens is 1. The van der Waals surface area contributed by atoms with Crippen molar-refractivity contribution in [2.75, 3.05) is 18.4 Å². The van der Waals surface area contributed by atoms with Crippen LogP contribution < -0.4 is 5.32 Å². The van der Waals surface area contributed by atoms with Crippen LogP contribution in [0.25, 0.3) is 0 Å². The van der Waals surface area contributed by atoms with Gasteiger partial charge in [0.25, 0.3) is 5.91 Å². The quantitative estimate of drug-likeness (QED) is 0.938. The Kier molecular flexibility index (Phi) is 4.01. The first-order valence-corrected chi connectivity index (χ1v) is 7.27. The van der Waals surface area contributed by atoms with E-state index >= 15 is 0 Å². The molecule has 3 rings (SSSR count). The maximum Gasteiger partial charge on any atom is 0.260 e. The van der Waals surface area contributed by atoms with Gasteiger partial charge in [-0.2, -0.15) is 0 Å². The van der Waals surface area contributed by atoms with E-state index in [1.807, 2.05) is 18.2 Å². The Morgan fingerprint density at radius 3 is 2.81 bits per heavy atom. The zero-order valence-corrected chi connectivity index (χ0v) is 12.1. The fraction of sp³-hybridized carbons (Fsp3) is 0.375. The van der Waals surface area contributed by atoms with Gasteiger partial charge in [-0.1, -0.05) is 23.4 Å². The Morgan fingerprint density at radius 1 is 1.33 bits per heavy atom. The van der Waals surface area contributed by atoms with E-state index in [0.717, 1.165) is 30.9 Å². The lowest BCUT2D eigenvalue weighted by molar-refractivity contribution is 0.102. The average molecular weight is 285 g/mol. The minimum atomic E-state index is -0.178. The van der Waals surface area contributed by atoms with E-state index in [1.165, 1.54) is 19.0 Å². The fourth-order valence-electron chi connectivity index (χ4n) is 2.67. The standard InChI is InChI=1S/C16H19N3O2/c1-12-14(10-17-21-12)16(20)18-15-7-3-2-6-13(15)11-19-8-4-5-9-19/h2-3,6-7,10H,4-5,8-9,11H2,1H3,(H,18,20). The number of aryl methyl sites for hydroxylation is 1. The lowest BCUT2D eigenvalue weighted by Gasteiger charge is -2.17. The predicted octanol–water partition coefficient (Wildman–Crippen LogP) is 2.83. The molecule has 0 bridgehead atoms. The molecule has 1 aromatic heterocycles. The smallest absolute Gasteiger partial charge is 0.260 e. The van der Waals surface area contributed by atoms with Crippen molar-refractivity contribution in [3.8, 4) is 0 Å². The summed E-state index contributed by atoms with van der Waals surface area (Å²) in [5.74, 6) is 0.354. The molecule has 1 aliphatic rings. The monoisotopic (exact) mass is 285 g/mol. The van der Waals surface area contributed by atoms with Crippen molar-refractivity contribution < 1.29 is 9.32 Å². The van der Waals surface area contributed by atoms with Crippen molar-refractivity contribution in [2.45, 2.75) is 26.3 Å². The largest absolute Gasteiger partial charge is 0.361 e. The first-order valence-electron chi connectivity index (χ1n) is 7.27. The van der Waals surface area contributed by atoms with Crippen molar-refractivity contribution in [2.24, 2.45) is 0 Å². The van der Waals surface area contributed by atoms with Gasteiger partial charge >= 0.3 is 0 Å². The van der Waals surface area contributed by atoms with Gasteiger partial charge in [0, 0.05) is 12.2 Å². The van der Waals surface area contributed by atoms with Gasteiger partial charge in [0.15, 0.2) is 0 Å². The molecule has 0 atom stereocenters. The van der Waals surface area contributed by atoms with Gasteiger partial charge < -0.3 is 9.84 Å². The second-order valence-electron chi connectivity index (χ2n) is 5.39. The highest BCUT2D eigenvalue weighted by atomic mass is 16.5. The number of benzene rings is 1. The van der Waals surface area contributed by atoms with Crippen LogP contribution in [0.2, 0.25) is 0 Å². The molecule has 1 aliphatic heterocycles. The Balaban J connectivity index is 1.75. The molecular formula is C16H19N3O2. The van der Waals surface area contributed by atoms with Crippen LogP contribution in [-0.4, -0.2) is 29.1 Å². The highest BCUT2D eigenvalue weighted by Gasteiger charge is 2.17. The molecule has 1 amide bonds. The van der Waals surface area contributed by atoms with Crippen LogP contribution in [0.1, 0.15) is 34.5 Å². The minimum absolute atomic E-state index is 0.178. The number of hydrogen-bond donors (Lipinski definition) is 1. The maximum absolute atomic E-state index is 12.3. The number of rotatable bonds is 4. The molecule has 1 saturated heterocycles. The number of likely N-dealkylation sites (tertiary alicyclic amines) is 1. The minimum Gasteiger partial charge on any atom is -0.361 e. The number of carbonyl (C=O) groups is 1. The van der Waals surface area contributed by atoms with Crippen LogP contribution in [0.5, 0.6) is 0 Å². The van der Waals surface area contributed by atoms with E-state index in [2.05, 4.69) is 21.4 Å². The van der Waals surface area contributed by atoms with Crippen molar-refractivity contribution in [1.29, 1.82) is 0 Å². The molecule has 0 aliphatic carbocycles. The molecule has 1 N–H and O–H groups in total. The second-order valence-corrected chi connectivity index (χ2v) is 5.39. The van der Waals surface area contributed by atoms with Crippen molar-refractivity contribution in [1.82, 2.24) is 10.1 Å². The molecule has 2 heterocycles. The number of amides is 1. The van der Waals surface area contributed by atoms with Crippen LogP contribution in [0.3, 0.4) is 0 Å². The van der Waals surface area contributed by atoms with Crippen molar-refractivity contribution in [3.63, 3.8) is 0 Å². The third-order valence-electron chi connectivity index (χ3n) is 3.85. The van der Waals surface area contributed by atoms with E-state index in [0.29, 0.717) is 11.3 Å². The van der Waals surface area contributed by atoms with Gasteiger partial charge in [-0.05, 0) is 44.5 Å². The number of nitrogens with zero attached hydrogens (tertiary/aromatic N) is 2. The zero-order chi connectivity index (χ0) is 14.7. The average Bonchev–Trinajstić information content (AvgIpc) is 3.12. The van der Waals surface area contributed by atoms with E-state index in [9.17, 15) is 4.79 Å². The Hall–Kier alpha value is -2.14. The summed E-state index contributed by atoms with van der Waals surface area (Å²) in [6, 6.07) is 7.94. The maximum atomic E-state index is 12.3. The molecule has 1 fully saturated rings. The van der Waals surface area contributed by atoms with Gasteiger partial charge in [-0.3, -0.25) is 9.69 Å². The molecule has 0 unspecified atom stereocenters. The van der Waals surface area contributed by atoms with Crippen LogP contribution in [-0.2, 0) is 6.54 Å². The zero-order valence-electron chi connectivity index (χ0n) is 12.1. The topological polar surface area (TPSA) is 58.4 Å². The summed E-state index contributed by atoms with van der Waals surface area (Å²) in [7, 11) is 0. The lowest BCUT2D eigenvalue weighted by Crippen LogP contribution is -2.20. The molecule has 1 aromatic carbocycles. The highest BCUT2D eigenvalue weighted by molar-refractivity contribution is 6.05. The number of carbonyl (C=O) groups excluding carboxylic acids is 1. The van der Waals surface area contributed by atoms with Crippen molar-refractivity contribution >= 4 is 11.6 Å². The highest BCUT2D eigenvalue weighted by Crippen LogP contribution is 2.21. The Labute approximate surface area is 123 Å². The number of para-hydroxylation sites is 1. The second kappa shape index (κ2) is 6.10. The SMILES string of the molecule is Cc1oncc1C(=O)Nc1ccccc1CN1CCCC1. The van der Waals surface area contributed by atoms with E-state index in [4.69, 9.17) is 4.52 Å². The van der Waals surface area contributed by atoms with Gasteiger partial charge in [-0.25, -0.2) is 0 Å². The first kappa shape index (κ1) is 13.8. The Bertz CT molecular complexity index is 630. The molecule has 0 radical (unpaired) electrons. The van der Waals surface area contributed by atoms with Gasteiger partial charge in [-0.15, -0.1) is 0 Å². The molecule has 0 spiro atoms. The lowest BCUT2D eigenvalue weighted by atomic mass is 10.1. The molecule has 2 aromatic rings. The van der Waals surface area contributed by atoms with E-state index in [-0.39, 0.29) is 5.91 Å². The molecule has 5 heteroatoms. The van der Waals surface area contributed by atoms with Gasteiger partial charge in [0.1, 0.15) is 11.3 Å². The first-order chi connectivity index (χ1) is 10.2. The van der Waals surface area contributed by atoms with Crippen LogP contribution in [0.15, 0.2) is 35.0 Å².